The number of amides is 1. The van der Waals surface area contributed by atoms with Crippen LogP contribution in [0.25, 0.3) is 5.69 Å². The Morgan fingerprint density at radius 3 is 2.61 bits per heavy atom. The van der Waals surface area contributed by atoms with Gasteiger partial charge in [0.1, 0.15) is 11.6 Å². The predicted octanol–water partition coefficient (Wildman–Crippen LogP) is 2.54. The van der Waals surface area contributed by atoms with Gasteiger partial charge in [-0.2, -0.15) is 5.10 Å². The van der Waals surface area contributed by atoms with Crippen LogP contribution < -0.4 is 21.9 Å². The van der Waals surface area contributed by atoms with Gasteiger partial charge in [-0.25, -0.2) is 9.48 Å². The topological polar surface area (TPSA) is 132 Å². The summed E-state index contributed by atoms with van der Waals surface area (Å²) in [5, 5.41) is 4.17. The highest BCUT2D eigenvalue weighted by Crippen LogP contribution is 2.23. The number of aromatic nitrogens is 4. The fraction of sp³-hybridized carbons (Fsp3) is 0.217. The van der Waals surface area contributed by atoms with Gasteiger partial charge in [-0.15, -0.1) is 0 Å². The summed E-state index contributed by atoms with van der Waals surface area (Å²) in [6.07, 6.45) is 6.45. The minimum absolute atomic E-state index is 0.0357. The van der Waals surface area contributed by atoms with Crippen molar-refractivity contribution < 1.29 is 9.21 Å². The maximum absolute atomic E-state index is 13.6. The molecule has 0 aliphatic heterocycles. The van der Waals surface area contributed by atoms with E-state index < -0.39 is 17.2 Å². The quantitative estimate of drug-likeness (QED) is 0.426. The molecule has 0 unspecified atom stereocenters. The molecule has 4 aromatic rings. The molecular weight excluding hydrogens is 424 g/mol. The molecule has 10 nitrogen and oxygen atoms in total. The number of aromatic amines is 1. The van der Waals surface area contributed by atoms with Gasteiger partial charge in [-0.3, -0.25) is 24.0 Å². The third kappa shape index (κ3) is 4.49. The van der Waals surface area contributed by atoms with E-state index >= 15 is 0 Å². The average Bonchev–Trinajstić information content (AvgIpc) is 3.52. The predicted molar refractivity (Wildman–Crippen MR) is 123 cm³/mol. The summed E-state index contributed by atoms with van der Waals surface area (Å²) in [5.74, 6) is -0.0665. The summed E-state index contributed by atoms with van der Waals surface area (Å²) in [6.45, 7) is 2.27. The lowest BCUT2D eigenvalue weighted by Crippen LogP contribution is -2.41. The van der Waals surface area contributed by atoms with Crippen molar-refractivity contribution in [1.29, 1.82) is 0 Å². The molecule has 10 heteroatoms. The molecule has 0 atom stereocenters. The van der Waals surface area contributed by atoms with E-state index in [2.05, 4.69) is 10.1 Å². The van der Waals surface area contributed by atoms with Crippen LogP contribution in [0.3, 0.4) is 0 Å². The molecule has 33 heavy (non-hydrogen) atoms. The van der Waals surface area contributed by atoms with Gasteiger partial charge >= 0.3 is 5.69 Å². The Balaban J connectivity index is 1.77. The summed E-state index contributed by atoms with van der Waals surface area (Å²) >= 11 is 0. The van der Waals surface area contributed by atoms with E-state index in [0.29, 0.717) is 24.3 Å². The monoisotopic (exact) mass is 448 g/mol. The molecule has 3 aromatic heterocycles. The SMILES string of the molecule is CCCCn1c(N)c(N(Cc2ccco2)C(=O)c2ccc(-n3cccn3)cc2)c(=O)[nH]c1=O. The molecule has 3 N–H and O–H groups in total. The standard InChI is InChI=1S/C23H24N6O4/c1-2-3-12-27-20(24)19(21(30)26-23(27)32)28(15-18-6-4-14-33-18)22(31)16-7-9-17(10-8-16)29-13-5-11-25-29/h4-11,13-14H,2-3,12,15,24H2,1H3,(H,26,30,32). The fourth-order valence-corrected chi connectivity index (χ4v) is 3.52. The van der Waals surface area contributed by atoms with Crippen molar-refractivity contribution in [2.75, 3.05) is 10.6 Å². The molecule has 4 rings (SSSR count). The molecule has 0 bridgehead atoms. The second-order valence-corrected chi connectivity index (χ2v) is 7.47. The minimum atomic E-state index is -0.738. The van der Waals surface area contributed by atoms with Crippen LogP contribution in [0.15, 0.2) is 75.1 Å². The van der Waals surface area contributed by atoms with Crippen molar-refractivity contribution in [3.63, 3.8) is 0 Å². The van der Waals surface area contributed by atoms with Crippen LogP contribution in [-0.4, -0.2) is 25.2 Å². The number of furan rings is 1. The van der Waals surface area contributed by atoms with Gasteiger partial charge in [0.25, 0.3) is 11.5 Å². The Labute approximate surface area is 188 Å². The number of carbonyl (C=O) groups is 1. The number of anilines is 2. The van der Waals surface area contributed by atoms with Gasteiger partial charge in [0.2, 0.25) is 0 Å². The smallest absolute Gasteiger partial charge is 0.330 e. The molecule has 0 spiro atoms. The number of nitrogens with zero attached hydrogens (tertiary/aromatic N) is 4. The van der Waals surface area contributed by atoms with Crippen molar-refractivity contribution in [3.8, 4) is 5.69 Å². The van der Waals surface area contributed by atoms with Gasteiger partial charge < -0.3 is 10.2 Å². The van der Waals surface area contributed by atoms with E-state index in [-0.39, 0.29) is 18.1 Å². The molecule has 0 radical (unpaired) electrons. The first-order chi connectivity index (χ1) is 16.0. The van der Waals surface area contributed by atoms with Crippen molar-refractivity contribution in [3.05, 3.63) is 93.3 Å². The third-order valence-electron chi connectivity index (χ3n) is 5.24. The molecular formula is C23H24N6O4. The van der Waals surface area contributed by atoms with Crippen LogP contribution in [0.4, 0.5) is 11.5 Å². The van der Waals surface area contributed by atoms with Crippen LogP contribution in [-0.2, 0) is 13.1 Å². The summed E-state index contributed by atoms with van der Waals surface area (Å²) in [4.78, 5) is 42.2. The van der Waals surface area contributed by atoms with Gasteiger partial charge in [0.05, 0.1) is 18.5 Å². The highest BCUT2D eigenvalue weighted by Gasteiger charge is 2.26. The Morgan fingerprint density at radius 1 is 1.18 bits per heavy atom. The summed E-state index contributed by atoms with van der Waals surface area (Å²) in [6, 6.07) is 12.0. The number of hydrogen-bond donors (Lipinski definition) is 2. The van der Waals surface area contributed by atoms with Crippen molar-refractivity contribution in [2.24, 2.45) is 0 Å². The van der Waals surface area contributed by atoms with Gasteiger partial charge in [0.15, 0.2) is 5.69 Å². The normalized spacial score (nSPS) is 10.9. The third-order valence-corrected chi connectivity index (χ3v) is 5.24. The average molecular weight is 448 g/mol. The maximum atomic E-state index is 13.6. The highest BCUT2D eigenvalue weighted by atomic mass is 16.3. The number of nitrogen functional groups attached to an aromatic ring is 1. The van der Waals surface area contributed by atoms with Gasteiger partial charge in [-0.05, 0) is 48.9 Å². The number of hydrogen-bond acceptors (Lipinski definition) is 6. The number of carbonyl (C=O) groups excluding carboxylic acids is 1. The molecule has 0 aliphatic carbocycles. The number of rotatable bonds is 8. The summed E-state index contributed by atoms with van der Waals surface area (Å²) in [5.41, 5.74) is 5.94. The first-order valence-corrected chi connectivity index (χ1v) is 10.6. The van der Waals surface area contributed by atoms with Gasteiger partial charge in [-0.1, -0.05) is 13.3 Å². The number of nitrogens with one attached hydrogen (secondary N) is 1. The Bertz CT molecular complexity index is 1340. The summed E-state index contributed by atoms with van der Waals surface area (Å²) < 4.78 is 8.36. The van der Waals surface area contributed by atoms with Crippen molar-refractivity contribution in [2.45, 2.75) is 32.9 Å². The zero-order chi connectivity index (χ0) is 23.4. The lowest BCUT2D eigenvalue weighted by atomic mass is 10.1. The largest absolute Gasteiger partial charge is 0.467 e. The lowest BCUT2D eigenvalue weighted by molar-refractivity contribution is 0.0983. The first-order valence-electron chi connectivity index (χ1n) is 10.6. The molecule has 0 fully saturated rings. The number of H-pyrrole nitrogens is 1. The first kappa shape index (κ1) is 21.9. The van der Waals surface area contributed by atoms with E-state index in [1.807, 2.05) is 6.92 Å². The van der Waals surface area contributed by atoms with Crippen molar-refractivity contribution in [1.82, 2.24) is 19.3 Å². The molecule has 1 amide bonds. The molecule has 0 aliphatic rings. The second-order valence-electron chi connectivity index (χ2n) is 7.47. The van der Waals surface area contributed by atoms with E-state index in [4.69, 9.17) is 10.2 Å². The van der Waals surface area contributed by atoms with Crippen LogP contribution in [0, 0.1) is 0 Å². The fourth-order valence-electron chi connectivity index (χ4n) is 3.52. The number of nitrogens with two attached hydrogens (primary N) is 1. The second kappa shape index (κ2) is 9.43. The maximum Gasteiger partial charge on any atom is 0.330 e. The van der Waals surface area contributed by atoms with Crippen LogP contribution >= 0.6 is 0 Å². The van der Waals surface area contributed by atoms with Crippen LogP contribution in [0.5, 0.6) is 0 Å². The molecule has 170 valence electrons. The van der Waals surface area contributed by atoms with Crippen LogP contribution in [0.1, 0.15) is 35.9 Å². The van der Waals surface area contributed by atoms with Crippen LogP contribution in [0.2, 0.25) is 0 Å². The molecule has 3 heterocycles. The van der Waals surface area contributed by atoms with E-state index in [9.17, 15) is 14.4 Å². The molecule has 1 aromatic carbocycles. The highest BCUT2D eigenvalue weighted by molar-refractivity contribution is 6.07. The van der Waals surface area contributed by atoms with E-state index in [1.165, 1.54) is 15.7 Å². The zero-order valence-corrected chi connectivity index (χ0v) is 18.1. The number of unbranched alkanes of at least 4 members (excludes halogenated alkanes) is 1. The molecule has 0 saturated carbocycles. The van der Waals surface area contributed by atoms with E-state index in [1.54, 1.807) is 59.5 Å². The lowest BCUT2D eigenvalue weighted by Gasteiger charge is -2.24. The summed E-state index contributed by atoms with van der Waals surface area (Å²) in [7, 11) is 0. The Hall–Kier alpha value is -4.34. The van der Waals surface area contributed by atoms with E-state index in [0.717, 1.165) is 12.1 Å². The molecule has 0 saturated heterocycles. The Morgan fingerprint density at radius 2 is 1.97 bits per heavy atom. The van der Waals surface area contributed by atoms with Crippen molar-refractivity contribution >= 4 is 17.4 Å². The van der Waals surface area contributed by atoms with Gasteiger partial charge in [0, 0.05) is 24.5 Å². The minimum Gasteiger partial charge on any atom is -0.467 e. The number of benzene rings is 1. The zero-order valence-electron chi connectivity index (χ0n) is 18.1. The Kier molecular flexibility index (Phi) is 6.25.